The van der Waals surface area contributed by atoms with Crippen molar-refractivity contribution in [3.05, 3.63) is 27.3 Å². The van der Waals surface area contributed by atoms with Gasteiger partial charge >= 0.3 is 0 Å². The molecule has 0 spiro atoms. The first kappa shape index (κ1) is 18.2. The van der Waals surface area contributed by atoms with E-state index in [-0.39, 0.29) is 23.2 Å². The molecule has 0 N–H and O–H groups in total. The zero-order valence-electron chi connectivity index (χ0n) is 14.0. The average molecular weight is 354 g/mol. The molecule has 0 saturated carbocycles. The summed E-state index contributed by atoms with van der Waals surface area (Å²) in [5.74, 6) is -0.341. The lowest BCUT2D eigenvalue weighted by molar-refractivity contribution is -0.136. The van der Waals surface area contributed by atoms with Gasteiger partial charge in [-0.15, -0.1) is 23.1 Å². The van der Waals surface area contributed by atoms with E-state index in [0.717, 1.165) is 4.88 Å². The van der Waals surface area contributed by atoms with Gasteiger partial charge in [-0.05, 0) is 31.7 Å². The molecule has 0 unspecified atom stereocenters. The van der Waals surface area contributed by atoms with Crippen LogP contribution >= 0.6 is 23.1 Å². The molecule has 2 heterocycles. The molecule has 0 saturated heterocycles. The molecule has 0 fully saturated rings. The summed E-state index contributed by atoms with van der Waals surface area (Å²) in [6.07, 6.45) is 0.819. The molecule has 0 radical (unpaired) electrons. The van der Waals surface area contributed by atoms with Crippen molar-refractivity contribution in [1.29, 1.82) is 0 Å². The second kappa shape index (κ2) is 8.13. The summed E-state index contributed by atoms with van der Waals surface area (Å²) < 4.78 is 5.50. The molecule has 4 nitrogen and oxygen atoms in total. The van der Waals surface area contributed by atoms with Gasteiger partial charge < -0.3 is 4.74 Å². The number of hydrogen-bond acceptors (Lipinski definition) is 5. The third kappa shape index (κ3) is 4.46. The third-order valence-corrected chi connectivity index (χ3v) is 5.20. The SMILES string of the molecule is CC(C)OCCCN1C(=O)C(SC(C)C)=C(c2cccs2)C1=O. The monoisotopic (exact) mass is 353 g/mol. The van der Waals surface area contributed by atoms with Crippen molar-refractivity contribution in [2.45, 2.75) is 45.5 Å². The molecule has 2 rings (SSSR count). The number of ether oxygens (including phenoxy) is 1. The number of rotatable bonds is 8. The van der Waals surface area contributed by atoms with E-state index in [1.807, 2.05) is 45.2 Å². The summed E-state index contributed by atoms with van der Waals surface area (Å²) in [7, 11) is 0. The highest BCUT2D eigenvalue weighted by Gasteiger charge is 2.39. The van der Waals surface area contributed by atoms with E-state index >= 15 is 0 Å². The van der Waals surface area contributed by atoms with E-state index in [9.17, 15) is 9.59 Å². The molecule has 0 aliphatic carbocycles. The van der Waals surface area contributed by atoms with Crippen molar-refractivity contribution < 1.29 is 14.3 Å². The number of nitrogens with zero attached hydrogens (tertiary/aromatic N) is 1. The Hall–Kier alpha value is -1.11. The molecular weight excluding hydrogens is 330 g/mol. The number of carbonyl (C=O) groups excluding carboxylic acids is 2. The lowest BCUT2D eigenvalue weighted by Gasteiger charge is -2.15. The zero-order chi connectivity index (χ0) is 17.0. The lowest BCUT2D eigenvalue weighted by Crippen LogP contribution is -2.33. The van der Waals surface area contributed by atoms with Crippen molar-refractivity contribution in [3.8, 4) is 0 Å². The number of carbonyl (C=O) groups is 2. The number of hydrogen-bond donors (Lipinski definition) is 0. The molecule has 6 heteroatoms. The summed E-state index contributed by atoms with van der Waals surface area (Å²) in [6, 6.07) is 3.80. The van der Waals surface area contributed by atoms with Crippen LogP contribution in [-0.4, -0.2) is 41.2 Å². The van der Waals surface area contributed by atoms with Crippen LogP contribution < -0.4 is 0 Å². The fourth-order valence-electron chi connectivity index (χ4n) is 2.28. The van der Waals surface area contributed by atoms with Crippen molar-refractivity contribution >= 4 is 40.5 Å². The fraction of sp³-hybridized carbons (Fsp3) is 0.529. The molecule has 1 aliphatic heterocycles. The van der Waals surface area contributed by atoms with Crippen molar-refractivity contribution in [2.24, 2.45) is 0 Å². The van der Waals surface area contributed by atoms with Gasteiger partial charge in [0.2, 0.25) is 0 Å². The number of imide groups is 1. The van der Waals surface area contributed by atoms with Gasteiger partial charge in [0.05, 0.1) is 16.6 Å². The van der Waals surface area contributed by atoms with Crippen molar-refractivity contribution in [2.75, 3.05) is 13.2 Å². The Morgan fingerprint density at radius 3 is 2.52 bits per heavy atom. The van der Waals surface area contributed by atoms with Gasteiger partial charge in [-0.25, -0.2) is 0 Å². The molecule has 23 heavy (non-hydrogen) atoms. The number of thiophene rings is 1. The average Bonchev–Trinajstić information content (AvgIpc) is 3.05. The van der Waals surface area contributed by atoms with Crippen LogP contribution in [-0.2, 0) is 14.3 Å². The molecule has 0 bridgehead atoms. The maximum absolute atomic E-state index is 12.7. The van der Waals surface area contributed by atoms with Crippen LogP contribution in [0.2, 0.25) is 0 Å². The molecular formula is C17H23NO3S2. The number of amides is 2. The van der Waals surface area contributed by atoms with Crippen LogP contribution in [0.5, 0.6) is 0 Å². The van der Waals surface area contributed by atoms with Gasteiger partial charge in [-0.2, -0.15) is 0 Å². The third-order valence-electron chi connectivity index (χ3n) is 3.22. The Morgan fingerprint density at radius 1 is 1.22 bits per heavy atom. The summed E-state index contributed by atoms with van der Waals surface area (Å²) in [6.45, 7) is 8.96. The summed E-state index contributed by atoms with van der Waals surface area (Å²) in [5.41, 5.74) is 0.563. The van der Waals surface area contributed by atoms with Gasteiger partial charge in [0.15, 0.2) is 0 Å². The molecule has 1 aromatic heterocycles. The van der Waals surface area contributed by atoms with Gasteiger partial charge in [0.25, 0.3) is 11.8 Å². The first-order valence-electron chi connectivity index (χ1n) is 7.84. The van der Waals surface area contributed by atoms with Crippen LogP contribution in [0.25, 0.3) is 5.57 Å². The predicted octanol–water partition coefficient (Wildman–Crippen LogP) is 3.78. The van der Waals surface area contributed by atoms with Gasteiger partial charge in [0, 0.05) is 23.3 Å². The van der Waals surface area contributed by atoms with Crippen molar-refractivity contribution in [1.82, 2.24) is 4.90 Å². The van der Waals surface area contributed by atoms with E-state index in [0.29, 0.717) is 30.1 Å². The van der Waals surface area contributed by atoms with Crippen LogP contribution in [0.1, 0.15) is 39.0 Å². The summed E-state index contributed by atoms with van der Waals surface area (Å²) >= 11 is 2.97. The number of thioether (sulfide) groups is 1. The van der Waals surface area contributed by atoms with Crippen LogP contribution in [0, 0.1) is 0 Å². The lowest BCUT2D eigenvalue weighted by atomic mass is 10.2. The highest BCUT2D eigenvalue weighted by Crippen LogP contribution is 2.39. The topological polar surface area (TPSA) is 46.6 Å². The maximum atomic E-state index is 12.7. The predicted molar refractivity (Wildman–Crippen MR) is 96.4 cm³/mol. The first-order chi connectivity index (χ1) is 10.9. The Labute approximate surface area is 145 Å². The van der Waals surface area contributed by atoms with Crippen LogP contribution in [0.3, 0.4) is 0 Å². The molecule has 0 aromatic carbocycles. The van der Waals surface area contributed by atoms with Crippen molar-refractivity contribution in [3.63, 3.8) is 0 Å². The minimum absolute atomic E-state index is 0.159. The Kier molecular flexibility index (Phi) is 6.44. The Morgan fingerprint density at radius 2 is 1.96 bits per heavy atom. The molecule has 2 amide bonds. The smallest absolute Gasteiger partial charge is 0.268 e. The van der Waals surface area contributed by atoms with E-state index < -0.39 is 0 Å². The zero-order valence-corrected chi connectivity index (χ0v) is 15.6. The largest absolute Gasteiger partial charge is 0.379 e. The minimum atomic E-state index is -0.176. The highest BCUT2D eigenvalue weighted by atomic mass is 32.2. The Bertz CT molecular complexity index is 591. The maximum Gasteiger partial charge on any atom is 0.268 e. The molecule has 0 atom stereocenters. The first-order valence-corrected chi connectivity index (χ1v) is 9.60. The highest BCUT2D eigenvalue weighted by molar-refractivity contribution is 8.04. The fourth-order valence-corrected chi connectivity index (χ4v) is 4.11. The van der Waals surface area contributed by atoms with E-state index in [4.69, 9.17) is 4.74 Å². The standard InChI is InChI=1S/C17H23NO3S2/c1-11(2)21-9-6-8-18-16(19)14(13-7-5-10-22-13)15(17(18)20)23-12(3)4/h5,7,10-12H,6,8-9H2,1-4H3. The molecule has 1 aromatic rings. The summed E-state index contributed by atoms with van der Waals surface area (Å²) in [4.78, 5) is 28.2. The molecule has 1 aliphatic rings. The van der Waals surface area contributed by atoms with Gasteiger partial charge in [-0.1, -0.05) is 19.9 Å². The van der Waals surface area contributed by atoms with E-state index in [1.165, 1.54) is 28.0 Å². The molecule has 126 valence electrons. The normalized spacial score (nSPS) is 15.7. The summed E-state index contributed by atoms with van der Waals surface area (Å²) in [5, 5.41) is 2.18. The van der Waals surface area contributed by atoms with E-state index in [2.05, 4.69) is 0 Å². The second-order valence-corrected chi connectivity index (χ2v) is 8.42. The quantitative estimate of drug-likeness (QED) is 0.527. The minimum Gasteiger partial charge on any atom is -0.379 e. The second-order valence-electron chi connectivity index (χ2n) is 5.88. The van der Waals surface area contributed by atoms with E-state index in [1.54, 1.807) is 0 Å². The van der Waals surface area contributed by atoms with Crippen LogP contribution in [0.15, 0.2) is 22.4 Å². The van der Waals surface area contributed by atoms with Gasteiger partial charge in [-0.3, -0.25) is 14.5 Å². The van der Waals surface area contributed by atoms with Crippen LogP contribution in [0.4, 0.5) is 0 Å². The van der Waals surface area contributed by atoms with Gasteiger partial charge in [0.1, 0.15) is 0 Å². The Balaban J connectivity index is 2.15.